The second-order valence-corrected chi connectivity index (χ2v) is 8.26. The van der Waals surface area contributed by atoms with Gasteiger partial charge in [0, 0.05) is 27.6 Å². The fourth-order valence-corrected chi connectivity index (χ4v) is 3.76. The number of allylic oxidation sites excluding steroid dienone is 1. The van der Waals surface area contributed by atoms with Crippen LogP contribution >= 0.6 is 23.2 Å². The van der Waals surface area contributed by atoms with Crippen molar-refractivity contribution in [2.45, 2.75) is 32.3 Å². The molecule has 0 N–H and O–H groups in total. The summed E-state index contributed by atoms with van der Waals surface area (Å²) in [5, 5.41) is 1.17. The van der Waals surface area contributed by atoms with Crippen LogP contribution in [-0.2, 0) is 34.2 Å². The first-order valence-electron chi connectivity index (χ1n) is 9.94. The molecule has 0 aromatic heterocycles. The number of benzene rings is 2. The zero-order valence-corrected chi connectivity index (χ0v) is 19.2. The maximum absolute atomic E-state index is 12.7. The highest BCUT2D eigenvalue weighted by Crippen LogP contribution is 2.47. The van der Waals surface area contributed by atoms with E-state index in [2.05, 4.69) is 0 Å². The minimum atomic E-state index is -0.943. The minimum Gasteiger partial charge on any atom is -0.482 e. The molecule has 0 saturated heterocycles. The Morgan fingerprint density at radius 2 is 1.41 bits per heavy atom. The predicted molar refractivity (Wildman–Crippen MR) is 119 cm³/mol. The fraction of sp³-hybridized carbons (Fsp3) is 0.292. The van der Waals surface area contributed by atoms with Gasteiger partial charge in [0.25, 0.3) is 0 Å². The molecule has 0 unspecified atom stereocenters. The van der Waals surface area contributed by atoms with Crippen molar-refractivity contribution in [1.82, 2.24) is 0 Å². The molecule has 32 heavy (non-hydrogen) atoms. The van der Waals surface area contributed by atoms with E-state index >= 15 is 0 Å². The van der Waals surface area contributed by atoms with Crippen LogP contribution in [-0.4, -0.2) is 30.9 Å². The van der Waals surface area contributed by atoms with E-state index in [4.69, 9.17) is 37.4 Å². The molecule has 3 rings (SSSR count). The van der Waals surface area contributed by atoms with Crippen LogP contribution in [0.25, 0.3) is 0 Å². The smallest absolute Gasteiger partial charge is 0.337 e. The van der Waals surface area contributed by atoms with Gasteiger partial charge in [-0.25, -0.2) is 4.79 Å². The van der Waals surface area contributed by atoms with Crippen LogP contribution < -0.4 is 0 Å². The molecule has 1 aliphatic heterocycles. The number of carbonyl (C=O) groups is 3. The summed E-state index contributed by atoms with van der Waals surface area (Å²) >= 11 is 12.1. The largest absolute Gasteiger partial charge is 0.482 e. The number of rotatable bonds is 8. The summed E-state index contributed by atoms with van der Waals surface area (Å²) in [6.45, 7) is 2.74. The number of hydrogen-bond donors (Lipinski definition) is 0. The number of ether oxygens (including phenoxy) is 3. The summed E-state index contributed by atoms with van der Waals surface area (Å²) in [5.41, 5.74) is 1.08. The number of halogens is 2. The number of esters is 2. The molecule has 0 bridgehead atoms. The number of ketones is 1. The van der Waals surface area contributed by atoms with Crippen LogP contribution in [0.5, 0.6) is 0 Å². The molecule has 0 spiro atoms. The molecule has 0 fully saturated rings. The Kier molecular flexibility index (Phi) is 7.59. The van der Waals surface area contributed by atoms with Gasteiger partial charge in [0.15, 0.2) is 5.60 Å². The van der Waals surface area contributed by atoms with Crippen LogP contribution in [0.1, 0.15) is 37.8 Å². The molecule has 1 aliphatic rings. The minimum absolute atomic E-state index is 0.131. The van der Waals surface area contributed by atoms with Crippen molar-refractivity contribution in [2.75, 3.05) is 13.2 Å². The highest BCUT2D eigenvalue weighted by molar-refractivity contribution is 6.30. The van der Waals surface area contributed by atoms with Gasteiger partial charge in [0.1, 0.15) is 31.2 Å². The van der Waals surface area contributed by atoms with Crippen molar-refractivity contribution in [1.29, 1.82) is 0 Å². The lowest BCUT2D eigenvalue weighted by atomic mass is 9.82. The maximum Gasteiger partial charge on any atom is 0.337 e. The molecule has 8 heteroatoms. The molecule has 2 aromatic rings. The van der Waals surface area contributed by atoms with Gasteiger partial charge in [0.2, 0.25) is 0 Å². The Morgan fingerprint density at radius 3 is 1.91 bits per heavy atom. The summed E-state index contributed by atoms with van der Waals surface area (Å²) in [7, 11) is 0. The second-order valence-electron chi connectivity index (χ2n) is 7.39. The molecular formula is C24H22Cl2O6. The Labute approximate surface area is 196 Å². The van der Waals surface area contributed by atoms with E-state index in [1.54, 1.807) is 31.2 Å². The number of hydrogen-bond acceptors (Lipinski definition) is 6. The van der Waals surface area contributed by atoms with Crippen molar-refractivity contribution in [3.05, 3.63) is 81.0 Å². The first-order chi connectivity index (χ1) is 15.2. The van der Waals surface area contributed by atoms with Crippen LogP contribution in [0.15, 0.2) is 59.9 Å². The third kappa shape index (κ3) is 5.50. The van der Waals surface area contributed by atoms with E-state index in [-0.39, 0.29) is 31.8 Å². The van der Waals surface area contributed by atoms with Crippen molar-refractivity contribution in [2.24, 2.45) is 0 Å². The monoisotopic (exact) mass is 476 g/mol. The van der Waals surface area contributed by atoms with E-state index < -0.39 is 17.5 Å². The van der Waals surface area contributed by atoms with Gasteiger partial charge in [-0.15, -0.1) is 0 Å². The van der Waals surface area contributed by atoms with Crippen LogP contribution in [0.4, 0.5) is 0 Å². The van der Waals surface area contributed by atoms with E-state index in [0.717, 1.165) is 11.1 Å². The highest BCUT2D eigenvalue weighted by atomic mass is 35.5. The zero-order chi connectivity index (χ0) is 23.3. The molecule has 168 valence electrons. The first-order valence-corrected chi connectivity index (χ1v) is 10.7. The van der Waals surface area contributed by atoms with Gasteiger partial charge >= 0.3 is 11.9 Å². The molecular weight excluding hydrogens is 455 g/mol. The standard InChI is InChI=1S/C24H22Cl2O6/c1-15(27)13-22(28)30-11-12-31-23(29)21-14-24(32-16(21)2,17-3-7-19(25)8-4-17)18-5-9-20(26)10-6-18/h3-10H,11-14H2,1-2H3. The van der Waals surface area contributed by atoms with Crippen molar-refractivity contribution >= 4 is 40.9 Å². The third-order valence-electron chi connectivity index (χ3n) is 5.02. The average molecular weight is 477 g/mol. The zero-order valence-electron chi connectivity index (χ0n) is 17.7. The number of Topliss-reactive ketones (excluding diaryl/α,β-unsaturated/α-hetero) is 1. The van der Waals surface area contributed by atoms with E-state index in [0.29, 0.717) is 21.4 Å². The molecule has 0 aliphatic carbocycles. The quantitative estimate of drug-likeness (QED) is 0.303. The SMILES string of the molecule is CC(=O)CC(=O)OCCOC(=O)C1=C(C)OC(c2ccc(Cl)cc2)(c2ccc(Cl)cc2)C1. The lowest BCUT2D eigenvalue weighted by Gasteiger charge is -2.31. The fourth-order valence-electron chi connectivity index (χ4n) is 3.51. The highest BCUT2D eigenvalue weighted by Gasteiger charge is 2.45. The normalized spacial score (nSPS) is 14.6. The molecule has 0 amide bonds. The van der Waals surface area contributed by atoms with Gasteiger partial charge in [-0.1, -0.05) is 47.5 Å². The van der Waals surface area contributed by atoms with Gasteiger partial charge < -0.3 is 14.2 Å². The van der Waals surface area contributed by atoms with Crippen molar-refractivity contribution < 1.29 is 28.6 Å². The summed E-state index contributed by atoms with van der Waals surface area (Å²) in [5.74, 6) is -1.07. The molecule has 0 radical (unpaired) electrons. The van der Waals surface area contributed by atoms with E-state index in [1.807, 2.05) is 24.3 Å². The predicted octanol–water partition coefficient (Wildman–Crippen LogP) is 5.00. The van der Waals surface area contributed by atoms with Crippen LogP contribution in [0, 0.1) is 0 Å². The second kappa shape index (κ2) is 10.2. The molecule has 1 heterocycles. The summed E-state index contributed by atoms with van der Waals surface area (Å²) in [6, 6.07) is 14.5. The van der Waals surface area contributed by atoms with E-state index in [1.165, 1.54) is 6.92 Å². The van der Waals surface area contributed by atoms with Crippen molar-refractivity contribution in [3.63, 3.8) is 0 Å². The Morgan fingerprint density at radius 1 is 0.906 bits per heavy atom. The topological polar surface area (TPSA) is 78.9 Å². The third-order valence-corrected chi connectivity index (χ3v) is 5.52. The summed E-state index contributed by atoms with van der Waals surface area (Å²) in [4.78, 5) is 35.1. The van der Waals surface area contributed by atoms with Crippen molar-refractivity contribution in [3.8, 4) is 0 Å². The lowest BCUT2D eigenvalue weighted by Crippen LogP contribution is -2.28. The van der Waals surface area contributed by atoms with E-state index in [9.17, 15) is 14.4 Å². The van der Waals surface area contributed by atoms with Crippen LogP contribution in [0.3, 0.4) is 0 Å². The Hall–Kier alpha value is -2.83. The summed E-state index contributed by atoms with van der Waals surface area (Å²) < 4.78 is 16.5. The first kappa shape index (κ1) is 23.8. The van der Waals surface area contributed by atoms with Gasteiger partial charge in [-0.3, -0.25) is 9.59 Å². The van der Waals surface area contributed by atoms with Gasteiger partial charge in [-0.2, -0.15) is 0 Å². The Bertz CT molecular complexity index is 996. The van der Waals surface area contributed by atoms with Gasteiger partial charge in [-0.05, 0) is 38.1 Å². The number of carbonyl (C=O) groups excluding carboxylic acids is 3. The lowest BCUT2D eigenvalue weighted by molar-refractivity contribution is -0.151. The summed E-state index contributed by atoms with van der Waals surface area (Å²) in [6.07, 6.45) is -0.0677. The molecule has 0 saturated carbocycles. The van der Waals surface area contributed by atoms with Crippen LogP contribution in [0.2, 0.25) is 10.0 Å². The Balaban J connectivity index is 1.75. The average Bonchev–Trinajstić information content (AvgIpc) is 3.10. The molecule has 2 aromatic carbocycles. The molecule has 0 atom stereocenters. The molecule has 6 nitrogen and oxygen atoms in total. The maximum atomic E-state index is 12.7. The van der Waals surface area contributed by atoms with Gasteiger partial charge in [0.05, 0.1) is 5.57 Å².